The highest BCUT2D eigenvalue weighted by molar-refractivity contribution is 5.75. The van der Waals surface area contributed by atoms with Crippen LogP contribution >= 0.6 is 0 Å². The van der Waals surface area contributed by atoms with Crippen molar-refractivity contribution in [3.05, 3.63) is 39.7 Å². The molecular formula is C16H21FN4O3. The Morgan fingerprint density at radius 3 is 2.67 bits per heavy atom. The topological polar surface area (TPSA) is 78.7 Å². The van der Waals surface area contributed by atoms with Crippen molar-refractivity contribution in [2.24, 2.45) is 0 Å². The Morgan fingerprint density at radius 1 is 1.29 bits per heavy atom. The number of nitro groups is 1. The number of nitrogens with zero attached hydrogens (tertiary/aromatic N) is 3. The van der Waals surface area contributed by atoms with E-state index in [-0.39, 0.29) is 12.1 Å². The minimum absolute atomic E-state index is 0.0251. The molecule has 2 aliphatic heterocycles. The molecule has 0 unspecified atom stereocenters. The summed E-state index contributed by atoms with van der Waals surface area (Å²) in [6.45, 7) is 3.78. The maximum atomic E-state index is 13.7. The molecule has 0 aromatic heterocycles. The number of carbonyl (C=O) groups excluding carboxylic acids is 1. The van der Waals surface area contributed by atoms with Gasteiger partial charge in [-0.3, -0.25) is 15.0 Å². The van der Waals surface area contributed by atoms with Crippen molar-refractivity contribution in [2.45, 2.75) is 31.8 Å². The Labute approximate surface area is 139 Å². The van der Waals surface area contributed by atoms with Gasteiger partial charge in [0.15, 0.2) is 0 Å². The van der Waals surface area contributed by atoms with Gasteiger partial charge in [0.25, 0.3) is 0 Å². The normalized spacial score (nSPS) is 20.0. The molecule has 7 nitrogen and oxygen atoms in total. The molecule has 2 amide bonds. The number of hydrogen-bond donors (Lipinski definition) is 1. The Kier molecular flexibility index (Phi) is 4.94. The highest BCUT2D eigenvalue weighted by Crippen LogP contribution is 2.22. The summed E-state index contributed by atoms with van der Waals surface area (Å²) >= 11 is 0. The molecule has 0 saturated carbocycles. The van der Waals surface area contributed by atoms with Gasteiger partial charge in [0.2, 0.25) is 5.82 Å². The second-order valence-corrected chi connectivity index (χ2v) is 6.33. The van der Waals surface area contributed by atoms with Crippen molar-refractivity contribution in [2.75, 3.05) is 26.2 Å². The van der Waals surface area contributed by atoms with E-state index in [1.807, 2.05) is 4.90 Å². The summed E-state index contributed by atoms with van der Waals surface area (Å²) in [6, 6.07) is 4.34. The first-order chi connectivity index (χ1) is 11.5. The van der Waals surface area contributed by atoms with Gasteiger partial charge in [0.05, 0.1) is 4.92 Å². The fraction of sp³-hybridized carbons (Fsp3) is 0.562. The van der Waals surface area contributed by atoms with Crippen LogP contribution in [0.2, 0.25) is 0 Å². The lowest BCUT2D eigenvalue weighted by Crippen LogP contribution is -2.54. The molecule has 2 aliphatic rings. The average molecular weight is 336 g/mol. The van der Waals surface area contributed by atoms with Gasteiger partial charge in [-0.1, -0.05) is 6.07 Å². The lowest BCUT2D eigenvalue weighted by molar-refractivity contribution is -0.387. The van der Waals surface area contributed by atoms with Crippen LogP contribution in [0.15, 0.2) is 18.2 Å². The highest BCUT2D eigenvalue weighted by Gasteiger charge is 2.29. The summed E-state index contributed by atoms with van der Waals surface area (Å²) in [5, 5.41) is 13.5. The first-order valence-corrected chi connectivity index (χ1v) is 8.24. The summed E-state index contributed by atoms with van der Waals surface area (Å²) in [7, 11) is 0. The molecule has 2 heterocycles. The van der Waals surface area contributed by atoms with Crippen LogP contribution in [0, 0.1) is 15.9 Å². The minimum atomic E-state index is -0.794. The number of nitrogens with one attached hydrogen (secondary N) is 1. The number of likely N-dealkylation sites (tertiary alicyclic amines) is 1. The number of halogens is 1. The first-order valence-electron chi connectivity index (χ1n) is 8.24. The largest absolute Gasteiger partial charge is 0.338 e. The molecule has 0 atom stereocenters. The van der Waals surface area contributed by atoms with Crippen LogP contribution in [-0.2, 0) is 6.54 Å². The van der Waals surface area contributed by atoms with Crippen LogP contribution < -0.4 is 5.32 Å². The van der Waals surface area contributed by atoms with Crippen LogP contribution in [0.1, 0.15) is 24.8 Å². The van der Waals surface area contributed by atoms with E-state index in [2.05, 4.69) is 10.2 Å². The van der Waals surface area contributed by atoms with E-state index in [0.29, 0.717) is 6.54 Å². The van der Waals surface area contributed by atoms with E-state index in [1.165, 1.54) is 12.1 Å². The number of amides is 2. The number of piperidine rings is 1. The van der Waals surface area contributed by atoms with E-state index in [9.17, 15) is 19.3 Å². The molecule has 1 aromatic rings. The zero-order chi connectivity index (χ0) is 17.1. The zero-order valence-corrected chi connectivity index (χ0v) is 13.4. The standard InChI is InChI=1S/C16H21FN4O3/c17-14-10-12(2-3-15(14)21(23)24)11-19-8-4-13(5-9-19)20-7-1-6-18-16(20)22/h2-3,10,13H,1,4-9,11H2,(H,18,22). The van der Waals surface area contributed by atoms with Crippen LogP contribution in [0.4, 0.5) is 14.9 Å². The molecule has 3 rings (SSSR count). The molecule has 2 fully saturated rings. The van der Waals surface area contributed by atoms with E-state index < -0.39 is 16.4 Å². The van der Waals surface area contributed by atoms with Crippen molar-refractivity contribution in [1.29, 1.82) is 0 Å². The fourth-order valence-corrected chi connectivity index (χ4v) is 3.44. The second kappa shape index (κ2) is 7.12. The number of urea groups is 1. The Morgan fingerprint density at radius 2 is 2.04 bits per heavy atom. The molecule has 2 saturated heterocycles. The lowest BCUT2D eigenvalue weighted by atomic mass is 10.0. The van der Waals surface area contributed by atoms with Gasteiger partial charge in [-0.2, -0.15) is 4.39 Å². The second-order valence-electron chi connectivity index (χ2n) is 6.33. The SMILES string of the molecule is O=C1NCCCN1C1CCN(Cc2ccc([N+](=O)[O-])c(F)c2)CC1. The predicted octanol–water partition coefficient (Wildman–Crippen LogP) is 2.11. The fourth-order valence-electron chi connectivity index (χ4n) is 3.44. The minimum Gasteiger partial charge on any atom is -0.338 e. The van der Waals surface area contributed by atoms with E-state index in [4.69, 9.17) is 0 Å². The molecule has 24 heavy (non-hydrogen) atoms. The van der Waals surface area contributed by atoms with E-state index in [0.717, 1.165) is 51.0 Å². The third-order valence-corrected chi connectivity index (χ3v) is 4.73. The Bertz CT molecular complexity index is 632. The molecule has 1 N–H and O–H groups in total. The van der Waals surface area contributed by atoms with E-state index >= 15 is 0 Å². The van der Waals surface area contributed by atoms with Gasteiger partial charge < -0.3 is 10.2 Å². The van der Waals surface area contributed by atoms with Crippen LogP contribution in [0.25, 0.3) is 0 Å². The van der Waals surface area contributed by atoms with Crippen molar-refractivity contribution in [1.82, 2.24) is 15.1 Å². The van der Waals surface area contributed by atoms with Gasteiger partial charge in [-0.15, -0.1) is 0 Å². The van der Waals surface area contributed by atoms with Crippen LogP contribution in [0.5, 0.6) is 0 Å². The predicted molar refractivity (Wildman–Crippen MR) is 86.1 cm³/mol. The highest BCUT2D eigenvalue weighted by atomic mass is 19.1. The first kappa shape index (κ1) is 16.6. The van der Waals surface area contributed by atoms with Crippen molar-refractivity contribution in [3.63, 3.8) is 0 Å². The van der Waals surface area contributed by atoms with Crippen molar-refractivity contribution in [3.8, 4) is 0 Å². The molecule has 8 heteroatoms. The third kappa shape index (κ3) is 3.64. The zero-order valence-electron chi connectivity index (χ0n) is 13.4. The third-order valence-electron chi connectivity index (χ3n) is 4.73. The average Bonchev–Trinajstić information content (AvgIpc) is 2.56. The number of rotatable bonds is 4. The lowest BCUT2D eigenvalue weighted by Gasteiger charge is -2.40. The molecule has 0 radical (unpaired) electrons. The summed E-state index contributed by atoms with van der Waals surface area (Å²) in [5.41, 5.74) is 0.237. The number of benzene rings is 1. The Hall–Kier alpha value is -2.22. The molecular weight excluding hydrogens is 315 g/mol. The van der Waals surface area contributed by atoms with Gasteiger partial charge in [0, 0.05) is 44.8 Å². The number of nitro benzene ring substituents is 1. The van der Waals surface area contributed by atoms with Crippen molar-refractivity contribution < 1.29 is 14.1 Å². The summed E-state index contributed by atoms with van der Waals surface area (Å²) in [5.74, 6) is -0.794. The maximum Gasteiger partial charge on any atom is 0.317 e. The molecule has 1 aromatic carbocycles. The van der Waals surface area contributed by atoms with Gasteiger partial charge in [-0.25, -0.2) is 4.79 Å². The smallest absolute Gasteiger partial charge is 0.317 e. The maximum absolute atomic E-state index is 13.7. The molecule has 130 valence electrons. The number of hydrogen-bond acceptors (Lipinski definition) is 4. The molecule has 0 bridgehead atoms. The van der Waals surface area contributed by atoms with Crippen LogP contribution in [0.3, 0.4) is 0 Å². The molecule has 0 spiro atoms. The van der Waals surface area contributed by atoms with Crippen molar-refractivity contribution >= 4 is 11.7 Å². The summed E-state index contributed by atoms with van der Waals surface area (Å²) in [4.78, 5) is 26.0. The monoisotopic (exact) mass is 336 g/mol. The van der Waals surface area contributed by atoms with Gasteiger partial charge in [-0.05, 0) is 30.9 Å². The number of carbonyl (C=O) groups is 1. The summed E-state index contributed by atoms with van der Waals surface area (Å²) < 4.78 is 13.7. The van der Waals surface area contributed by atoms with E-state index in [1.54, 1.807) is 6.07 Å². The van der Waals surface area contributed by atoms with Gasteiger partial charge >= 0.3 is 11.7 Å². The molecule has 0 aliphatic carbocycles. The van der Waals surface area contributed by atoms with Crippen LogP contribution in [-0.4, -0.2) is 53.0 Å². The summed E-state index contributed by atoms with van der Waals surface area (Å²) in [6.07, 6.45) is 2.76. The quantitative estimate of drug-likeness (QED) is 0.675. The van der Waals surface area contributed by atoms with Gasteiger partial charge in [0.1, 0.15) is 0 Å². The Balaban J connectivity index is 1.54.